The lowest BCUT2D eigenvalue weighted by Gasteiger charge is -2.17. The van der Waals surface area contributed by atoms with Gasteiger partial charge >= 0.3 is 0 Å². The Morgan fingerprint density at radius 1 is 1.17 bits per heavy atom. The first-order chi connectivity index (χ1) is 8.71. The maximum absolute atomic E-state index is 5.86. The van der Waals surface area contributed by atoms with E-state index in [1.54, 1.807) is 0 Å². The zero-order chi connectivity index (χ0) is 13.4. The van der Waals surface area contributed by atoms with Crippen LogP contribution in [0.1, 0.15) is 39.7 Å². The fraction of sp³-hybridized carbons (Fsp3) is 0.600. The van der Waals surface area contributed by atoms with Crippen LogP contribution in [0.4, 0.5) is 0 Å². The number of nitrogens with one attached hydrogen (secondary N) is 1. The molecule has 3 nitrogen and oxygen atoms in total. The summed E-state index contributed by atoms with van der Waals surface area (Å²) >= 11 is 0. The molecule has 1 atom stereocenters. The highest BCUT2D eigenvalue weighted by Gasteiger charge is 2.09. The van der Waals surface area contributed by atoms with E-state index >= 15 is 0 Å². The molecule has 0 bridgehead atoms. The summed E-state index contributed by atoms with van der Waals surface area (Å²) in [5.41, 5.74) is 1.22. The first-order valence-electron chi connectivity index (χ1n) is 6.84. The van der Waals surface area contributed by atoms with Gasteiger partial charge in [0.05, 0.1) is 12.7 Å². The third-order valence-corrected chi connectivity index (χ3v) is 2.79. The molecule has 0 spiro atoms. The van der Waals surface area contributed by atoms with Gasteiger partial charge in [-0.15, -0.1) is 0 Å². The van der Waals surface area contributed by atoms with Crippen LogP contribution in [0.2, 0.25) is 0 Å². The van der Waals surface area contributed by atoms with Crippen molar-refractivity contribution < 1.29 is 9.47 Å². The molecule has 1 N–H and O–H groups in total. The number of hydrogen-bond acceptors (Lipinski definition) is 3. The molecule has 0 amide bonds. The average Bonchev–Trinajstić information content (AvgIpc) is 2.39. The van der Waals surface area contributed by atoms with Crippen molar-refractivity contribution >= 4 is 0 Å². The maximum Gasteiger partial charge on any atom is 0.161 e. The summed E-state index contributed by atoms with van der Waals surface area (Å²) in [5, 5.41) is 3.31. The van der Waals surface area contributed by atoms with Crippen molar-refractivity contribution in [3.05, 3.63) is 23.8 Å². The van der Waals surface area contributed by atoms with Gasteiger partial charge in [-0.2, -0.15) is 0 Å². The van der Waals surface area contributed by atoms with Crippen LogP contribution in [-0.2, 0) is 6.54 Å². The van der Waals surface area contributed by atoms with E-state index in [9.17, 15) is 0 Å². The molecule has 0 aliphatic heterocycles. The molecule has 0 radical (unpaired) electrons. The average molecular weight is 251 g/mol. The fourth-order valence-electron chi connectivity index (χ4n) is 1.60. The fourth-order valence-corrected chi connectivity index (χ4v) is 1.60. The summed E-state index contributed by atoms with van der Waals surface area (Å²) in [6.07, 6.45) is 1.20. The zero-order valence-corrected chi connectivity index (χ0v) is 12.0. The van der Waals surface area contributed by atoms with Crippen LogP contribution in [0.5, 0.6) is 11.5 Å². The Morgan fingerprint density at radius 2 is 1.94 bits per heavy atom. The molecule has 0 saturated carbocycles. The van der Waals surface area contributed by atoms with E-state index in [1.165, 1.54) is 5.56 Å². The summed E-state index contributed by atoms with van der Waals surface area (Å²) in [7, 11) is 0. The lowest BCUT2D eigenvalue weighted by molar-refractivity contribution is 0.203. The van der Waals surface area contributed by atoms with Crippen molar-refractivity contribution in [1.29, 1.82) is 0 Å². The number of ether oxygens (including phenoxy) is 2. The van der Waals surface area contributed by atoms with Gasteiger partial charge in [-0.1, -0.05) is 19.9 Å². The molecule has 0 fully saturated rings. The van der Waals surface area contributed by atoms with E-state index in [1.807, 2.05) is 13.0 Å². The second-order valence-electron chi connectivity index (χ2n) is 4.33. The van der Waals surface area contributed by atoms with Crippen LogP contribution in [0.3, 0.4) is 0 Å². The predicted molar refractivity (Wildman–Crippen MR) is 75.4 cm³/mol. The molecule has 0 heterocycles. The minimum Gasteiger partial charge on any atom is -0.490 e. The third kappa shape index (κ3) is 4.57. The second kappa shape index (κ2) is 7.98. The van der Waals surface area contributed by atoms with Crippen molar-refractivity contribution in [2.24, 2.45) is 0 Å². The molecule has 18 heavy (non-hydrogen) atoms. The summed E-state index contributed by atoms with van der Waals surface area (Å²) < 4.78 is 11.5. The van der Waals surface area contributed by atoms with E-state index in [0.717, 1.165) is 31.0 Å². The highest BCUT2D eigenvalue weighted by atomic mass is 16.5. The summed E-state index contributed by atoms with van der Waals surface area (Å²) in [4.78, 5) is 0. The van der Waals surface area contributed by atoms with Crippen molar-refractivity contribution in [1.82, 2.24) is 5.32 Å². The monoisotopic (exact) mass is 251 g/mol. The van der Waals surface area contributed by atoms with Crippen LogP contribution in [0, 0.1) is 0 Å². The Hall–Kier alpha value is -1.22. The van der Waals surface area contributed by atoms with E-state index in [0.29, 0.717) is 6.61 Å². The van der Waals surface area contributed by atoms with Gasteiger partial charge in [-0.25, -0.2) is 0 Å². The van der Waals surface area contributed by atoms with Gasteiger partial charge in [0.2, 0.25) is 0 Å². The van der Waals surface area contributed by atoms with Crippen LogP contribution in [0.25, 0.3) is 0 Å². The molecule has 102 valence electrons. The Morgan fingerprint density at radius 3 is 2.56 bits per heavy atom. The van der Waals surface area contributed by atoms with E-state index < -0.39 is 0 Å². The quantitative estimate of drug-likeness (QED) is 0.768. The molecule has 3 heteroatoms. The molecule has 0 aliphatic carbocycles. The molecule has 1 rings (SSSR count). The van der Waals surface area contributed by atoms with Crippen molar-refractivity contribution in [2.75, 3.05) is 13.2 Å². The normalized spacial score (nSPS) is 12.2. The standard InChI is InChI=1S/C15H25NO2/c1-5-12(4)18-14-9-8-13(11-16-6-2)10-15(14)17-7-3/h8-10,12,16H,5-7,11H2,1-4H3. The van der Waals surface area contributed by atoms with E-state index in [-0.39, 0.29) is 6.10 Å². The van der Waals surface area contributed by atoms with E-state index in [2.05, 4.69) is 38.2 Å². The largest absolute Gasteiger partial charge is 0.490 e. The molecule has 1 unspecified atom stereocenters. The Bertz CT molecular complexity index is 352. The lowest BCUT2D eigenvalue weighted by atomic mass is 10.2. The number of rotatable bonds is 8. The predicted octanol–water partition coefficient (Wildman–Crippen LogP) is 3.37. The number of benzene rings is 1. The van der Waals surface area contributed by atoms with Crippen molar-refractivity contribution in [2.45, 2.75) is 46.8 Å². The van der Waals surface area contributed by atoms with Gasteiger partial charge in [0.15, 0.2) is 11.5 Å². The van der Waals surface area contributed by atoms with Gasteiger partial charge in [-0.3, -0.25) is 0 Å². The first kappa shape index (κ1) is 14.8. The van der Waals surface area contributed by atoms with Gasteiger partial charge in [0.1, 0.15) is 0 Å². The van der Waals surface area contributed by atoms with Crippen molar-refractivity contribution in [3.63, 3.8) is 0 Å². The van der Waals surface area contributed by atoms with E-state index in [4.69, 9.17) is 9.47 Å². The topological polar surface area (TPSA) is 30.5 Å². The summed E-state index contributed by atoms with van der Waals surface area (Å²) in [6.45, 7) is 10.8. The molecule has 0 aromatic heterocycles. The number of hydrogen-bond donors (Lipinski definition) is 1. The third-order valence-electron chi connectivity index (χ3n) is 2.79. The molecular formula is C15H25NO2. The van der Waals surface area contributed by atoms with Gasteiger partial charge < -0.3 is 14.8 Å². The zero-order valence-electron chi connectivity index (χ0n) is 12.0. The Balaban J connectivity index is 2.82. The van der Waals surface area contributed by atoms with Gasteiger partial charge in [0, 0.05) is 6.54 Å². The second-order valence-corrected chi connectivity index (χ2v) is 4.33. The smallest absolute Gasteiger partial charge is 0.161 e. The SMILES string of the molecule is CCNCc1ccc(OC(C)CC)c(OCC)c1. The molecule has 1 aromatic carbocycles. The van der Waals surface area contributed by atoms with Crippen molar-refractivity contribution in [3.8, 4) is 11.5 Å². The highest BCUT2D eigenvalue weighted by Crippen LogP contribution is 2.29. The lowest BCUT2D eigenvalue weighted by Crippen LogP contribution is -2.13. The minimum absolute atomic E-state index is 0.212. The minimum atomic E-state index is 0.212. The van der Waals surface area contributed by atoms with Gasteiger partial charge in [0.25, 0.3) is 0 Å². The Kier molecular flexibility index (Phi) is 6.58. The summed E-state index contributed by atoms with van der Waals surface area (Å²) in [6, 6.07) is 6.15. The molecule has 0 saturated heterocycles. The Labute approximate surface area is 110 Å². The van der Waals surface area contributed by atoms with Crippen LogP contribution in [-0.4, -0.2) is 19.3 Å². The van der Waals surface area contributed by atoms with Crippen LogP contribution >= 0.6 is 0 Å². The first-order valence-corrected chi connectivity index (χ1v) is 6.84. The van der Waals surface area contributed by atoms with Crippen LogP contribution < -0.4 is 14.8 Å². The van der Waals surface area contributed by atoms with Crippen LogP contribution in [0.15, 0.2) is 18.2 Å². The van der Waals surface area contributed by atoms with Gasteiger partial charge in [-0.05, 0) is 44.5 Å². The maximum atomic E-state index is 5.86. The molecule has 1 aromatic rings. The summed E-state index contributed by atoms with van der Waals surface area (Å²) in [5.74, 6) is 1.68. The molecular weight excluding hydrogens is 226 g/mol. The molecule has 0 aliphatic rings. The highest BCUT2D eigenvalue weighted by molar-refractivity contribution is 5.43.